The number of rotatable bonds is 5. The number of ether oxygens (including phenoxy) is 2. The first kappa shape index (κ1) is 17.9. The SMILES string of the molecule is O=C(Cc1cc(Cl)c2c(c1)OCCCO2)NCCC(=O)N1CCCC1. The van der Waals surface area contributed by atoms with Gasteiger partial charge in [-0.15, -0.1) is 0 Å². The summed E-state index contributed by atoms with van der Waals surface area (Å²) in [6, 6.07) is 3.52. The predicted molar refractivity (Wildman–Crippen MR) is 94.2 cm³/mol. The van der Waals surface area contributed by atoms with Crippen LogP contribution in [0, 0.1) is 0 Å². The molecule has 1 fully saturated rings. The maximum atomic E-state index is 12.1. The van der Waals surface area contributed by atoms with E-state index in [2.05, 4.69) is 5.32 Å². The monoisotopic (exact) mass is 366 g/mol. The van der Waals surface area contributed by atoms with Gasteiger partial charge in [0.1, 0.15) is 0 Å². The topological polar surface area (TPSA) is 67.9 Å². The summed E-state index contributed by atoms with van der Waals surface area (Å²) >= 11 is 6.24. The van der Waals surface area contributed by atoms with E-state index in [-0.39, 0.29) is 18.2 Å². The molecule has 0 bridgehead atoms. The van der Waals surface area contributed by atoms with E-state index in [0.717, 1.165) is 37.9 Å². The molecule has 25 heavy (non-hydrogen) atoms. The van der Waals surface area contributed by atoms with Gasteiger partial charge < -0.3 is 19.7 Å². The minimum absolute atomic E-state index is 0.108. The van der Waals surface area contributed by atoms with Crippen molar-refractivity contribution in [3.8, 4) is 11.5 Å². The van der Waals surface area contributed by atoms with Crippen LogP contribution in [0.5, 0.6) is 11.5 Å². The van der Waals surface area contributed by atoms with Gasteiger partial charge in [0.05, 0.1) is 24.7 Å². The molecule has 2 aliphatic rings. The number of nitrogens with one attached hydrogen (secondary N) is 1. The van der Waals surface area contributed by atoms with E-state index in [9.17, 15) is 9.59 Å². The zero-order valence-corrected chi connectivity index (χ0v) is 14.9. The van der Waals surface area contributed by atoms with Crippen molar-refractivity contribution in [2.45, 2.75) is 32.1 Å². The molecule has 0 saturated carbocycles. The molecule has 0 atom stereocenters. The van der Waals surface area contributed by atoms with E-state index in [1.165, 1.54) is 0 Å². The van der Waals surface area contributed by atoms with E-state index in [0.29, 0.717) is 42.7 Å². The summed E-state index contributed by atoms with van der Waals surface area (Å²) in [6.07, 6.45) is 3.47. The summed E-state index contributed by atoms with van der Waals surface area (Å²) in [5.41, 5.74) is 0.762. The van der Waals surface area contributed by atoms with Crippen LogP contribution in [-0.4, -0.2) is 49.6 Å². The molecule has 1 saturated heterocycles. The minimum atomic E-state index is -0.139. The molecule has 0 spiro atoms. The summed E-state index contributed by atoms with van der Waals surface area (Å²) in [5.74, 6) is 1.09. The van der Waals surface area contributed by atoms with Gasteiger partial charge in [0.2, 0.25) is 11.8 Å². The molecule has 1 N–H and O–H groups in total. The summed E-state index contributed by atoms with van der Waals surface area (Å²) in [4.78, 5) is 25.9. The standard InChI is InChI=1S/C18H23ClN2O4/c19-14-10-13(11-15-18(14)25-9-3-8-24-15)12-16(22)20-5-4-17(23)21-6-1-2-7-21/h10-11H,1-9,12H2,(H,20,22). The molecule has 1 aromatic carbocycles. The molecule has 6 nitrogen and oxygen atoms in total. The maximum Gasteiger partial charge on any atom is 0.224 e. The normalized spacial score (nSPS) is 16.4. The van der Waals surface area contributed by atoms with Crippen LogP contribution in [0.25, 0.3) is 0 Å². The molecule has 0 unspecified atom stereocenters. The van der Waals surface area contributed by atoms with Crippen molar-refractivity contribution in [2.24, 2.45) is 0 Å². The zero-order valence-electron chi connectivity index (χ0n) is 14.2. The second-order valence-corrected chi connectivity index (χ2v) is 6.73. The number of carbonyl (C=O) groups is 2. The van der Waals surface area contributed by atoms with Crippen molar-refractivity contribution < 1.29 is 19.1 Å². The van der Waals surface area contributed by atoms with Crippen molar-refractivity contribution in [3.05, 3.63) is 22.7 Å². The molecule has 2 amide bonds. The van der Waals surface area contributed by atoms with Gasteiger partial charge in [-0.3, -0.25) is 9.59 Å². The number of benzene rings is 1. The number of carbonyl (C=O) groups excluding carboxylic acids is 2. The lowest BCUT2D eigenvalue weighted by molar-refractivity contribution is -0.130. The van der Waals surface area contributed by atoms with Crippen molar-refractivity contribution in [1.29, 1.82) is 0 Å². The maximum absolute atomic E-state index is 12.1. The third kappa shape index (κ3) is 4.78. The molecule has 0 aliphatic carbocycles. The van der Waals surface area contributed by atoms with Crippen LogP contribution >= 0.6 is 11.6 Å². The van der Waals surface area contributed by atoms with E-state index in [1.54, 1.807) is 12.1 Å². The number of hydrogen-bond donors (Lipinski definition) is 1. The number of likely N-dealkylation sites (tertiary alicyclic amines) is 1. The molecule has 7 heteroatoms. The number of fused-ring (bicyclic) bond motifs is 1. The Morgan fingerprint density at radius 1 is 1.12 bits per heavy atom. The van der Waals surface area contributed by atoms with E-state index >= 15 is 0 Å². The highest BCUT2D eigenvalue weighted by Crippen LogP contribution is 2.38. The average Bonchev–Trinajstić information content (AvgIpc) is 3.01. The minimum Gasteiger partial charge on any atom is -0.489 e. The van der Waals surface area contributed by atoms with Gasteiger partial charge in [-0.25, -0.2) is 0 Å². The summed E-state index contributed by atoms with van der Waals surface area (Å²) in [7, 11) is 0. The molecule has 1 aromatic rings. The smallest absolute Gasteiger partial charge is 0.224 e. The van der Waals surface area contributed by atoms with Crippen LogP contribution < -0.4 is 14.8 Å². The molecular weight excluding hydrogens is 344 g/mol. The fourth-order valence-corrected chi connectivity index (χ4v) is 3.36. The van der Waals surface area contributed by atoms with E-state index in [1.807, 2.05) is 4.90 Å². The molecule has 3 rings (SSSR count). The highest BCUT2D eigenvalue weighted by Gasteiger charge is 2.18. The Balaban J connectivity index is 1.50. The van der Waals surface area contributed by atoms with Crippen molar-refractivity contribution in [2.75, 3.05) is 32.8 Å². The van der Waals surface area contributed by atoms with Crippen molar-refractivity contribution in [1.82, 2.24) is 10.2 Å². The van der Waals surface area contributed by atoms with Crippen molar-refractivity contribution >= 4 is 23.4 Å². The second kappa shape index (κ2) is 8.43. The Kier molecular flexibility index (Phi) is 6.02. The predicted octanol–water partition coefficient (Wildman–Crippen LogP) is 2.17. The van der Waals surface area contributed by atoms with Crippen LogP contribution in [0.2, 0.25) is 5.02 Å². The Labute approximate surface area is 152 Å². The summed E-state index contributed by atoms with van der Waals surface area (Å²) < 4.78 is 11.2. The zero-order chi connectivity index (χ0) is 17.6. The number of hydrogen-bond acceptors (Lipinski definition) is 4. The third-order valence-corrected chi connectivity index (χ3v) is 4.63. The van der Waals surface area contributed by atoms with Crippen LogP contribution in [0.3, 0.4) is 0 Å². The van der Waals surface area contributed by atoms with Gasteiger partial charge in [-0.1, -0.05) is 11.6 Å². The molecule has 0 aromatic heterocycles. The Hall–Kier alpha value is -1.95. The highest BCUT2D eigenvalue weighted by atomic mass is 35.5. The summed E-state index contributed by atoms with van der Waals surface area (Å²) in [5, 5.41) is 3.25. The number of nitrogens with zero attached hydrogens (tertiary/aromatic N) is 1. The fourth-order valence-electron chi connectivity index (χ4n) is 3.07. The van der Waals surface area contributed by atoms with Gasteiger partial charge in [0, 0.05) is 32.5 Å². The third-order valence-electron chi connectivity index (χ3n) is 4.35. The molecule has 0 radical (unpaired) electrons. The van der Waals surface area contributed by atoms with E-state index < -0.39 is 0 Å². The quantitative estimate of drug-likeness (QED) is 0.867. The lowest BCUT2D eigenvalue weighted by atomic mass is 10.1. The van der Waals surface area contributed by atoms with Gasteiger partial charge in [0.25, 0.3) is 0 Å². The van der Waals surface area contributed by atoms with Crippen molar-refractivity contribution in [3.63, 3.8) is 0 Å². The first-order valence-electron chi connectivity index (χ1n) is 8.76. The van der Waals surface area contributed by atoms with Gasteiger partial charge >= 0.3 is 0 Å². The lowest BCUT2D eigenvalue weighted by Crippen LogP contribution is -2.33. The summed E-state index contributed by atoms with van der Waals surface area (Å²) in [6.45, 7) is 3.16. The first-order valence-corrected chi connectivity index (χ1v) is 9.14. The van der Waals surface area contributed by atoms with Gasteiger partial charge in [-0.2, -0.15) is 0 Å². The lowest BCUT2D eigenvalue weighted by Gasteiger charge is -2.15. The molecule has 2 aliphatic heterocycles. The Morgan fingerprint density at radius 2 is 1.88 bits per heavy atom. The molecule has 2 heterocycles. The number of halogens is 1. The van der Waals surface area contributed by atoms with Crippen LogP contribution in [0.1, 0.15) is 31.2 Å². The molecule has 136 valence electrons. The van der Waals surface area contributed by atoms with Crippen LogP contribution in [0.4, 0.5) is 0 Å². The van der Waals surface area contributed by atoms with E-state index in [4.69, 9.17) is 21.1 Å². The number of amides is 2. The molecular formula is C18H23ClN2O4. The Morgan fingerprint density at radius 3 is 2.68 bits per heavy atom. The highest BCUT2D eigenvalue weighted by molar-refractivity contribution is 6.32. The first-order chi connectivity index (χ1) is 12.1. The van der Waals surface area contributed by atoms with Crippen LogP contribution in [-0.2, 0) is 16.0 Å². The second-order valence-electron chi connectivity index (χ2n) is 6.32. The fraction of sp³-hybridized carbons (Fsp3) is 0.556. The van der Waals surface area contributed by atoms with Crippen LogP contribution in [0.15, 0.2) is 12.1 Å². The van der Waals surface area contributed by atoms with Gasteiger partial charge in [-0.05, 0) is 30.5 Å². The van der Waals surface area contributed by atoms with Gasteiger partial charge in [0.15, 0.2) is 11.5 Å². The largest absolute Gasteiger partial charge is 0.489 e. The Bertz CT molecular complexity index is 644. The average molecular weight is 367 g/mol.